The quantitative estimate of drug-likeness (QED) is 0.225. The van der Waals surface area contributed by atoms with E-state index in [4.69, 9.17) is 4.74 Å². The Kier molecular flexibility index (Phi) is 8.67. The van der Waals surface area contributed by atoms with Gasteiger partial charge in [-0.1, -0.05) is 40.7 Å². The molecule has 0 N–H and O–H groups in total. The number of benzene rings is 1. The summed E-state index contributed by atoms with van der Waals surface area (Å²) in [4.78, 5) is 11.6. The van der Waals surface area contributed by atoms with Crippen LogP contribution in [0.3, 0.4) is 0 Å². The number of carbonyl (C=O) groups is 1. The van der Waals surface area contributed by atoms with Gasteiger partial charge in [0.1, 0.15) is 11.6 Å². The molecule has 1 aromatic carbocycles. The molecule has 0 radical (unpaired) electrons. The Morgan fingerprint density at radius 2 is 1.55 bits per heavy atom. The van der Waals surface area contributed by atoms with Gasteiger partial charge in [0.15, 0.2) is 0 Å². The molecule has 0 spiro atoms. The van der Waals surface area contributed by atoms with Gasteiger partial charge in [-0.2, -0.15) is 4.39 Å². The third kappa shape index (κ3) is 5.93. The third-order valence-electron chi connectivity index (χ3n) is 6.50. The van der Waals surface area contributed by atoms with Gasteiger partial charge in [0, 0.05) is 5.56 Å². The molecule has 0 saturated heterocycles. The van der Waals surface area contributed by atoms with Gasteiger partial charge >= 0.3 is 5.97 Å². The zero-order valence-corrected chi connectivity index (χ0v) is 21.3. The van der Waals surface area contributed by atoms with Gasteiger partial charge in [-0.25, -0.2) is 9.18 Å². The van der Waals surface area contributed by atoms with E-state index < -0.39 is 17.6 Å². The molecule has 0 bridgehead atoms. The maximum Gasteiger partial charge on any atom is 0.367 e. The summed E-state index contributed by atoms with van der Waals surface area (Å²) in [5, 5.41) is 0. The summed E-state index contributed by atoms with van der Waals surface area (Å²) in [5.74, 6) is -1.89. The number of esters is 1. The second-order valence-corrected chi connectivity index (χ2v) is 9.83. The first-order valence-electron chi connectivity index (χ1n) is 11.8. The van der Waals surface area contributed by atoms with Crippen molar-refractivity contribution >= 4 is 11.5 Å². The van der Waals surface area contributed by atoms with E-state index in [9.17, 15) is 9.18 Å². The molecule has 0 heterocycles. The molecule has 5 heteroatoms. The van der Waals surface area contributed by atoms with Crippen LogP contribution in [0.4, 0.5) is 8.78 Å². The molecular weight excluding hydrogens is 422 g/mol. The maximum absolute atomic E-state index is 15.4. The number of allylic oxidation sites excluding steroid dienone is 5. The topological polar surface area (TPSA) is 35.5 Å². The summed E-state index contributed by atoms with van der Waals surface area (Å²) in [6.45, 7) is 16.3. The van der Waals surface area contributed by atoms with Crippen LogP contribution >= 0.6 is 0 Å². The van der Waals surface area contributed by atoms with E-state index in [0.717, 1.165) is 18.4 Å². The van der Waals surface area contributed by atoms with Gasteiger partial charge in [0.25, 0.3) is 0 Å². The molecule has 0 saturated carbocycles. The second-order valence-electron chi connectivity index (χ2n) is 9.83. The first kappa shape index (κ1) is 26.8. The lowest BCUT2D eigenvalue weighted by Gasteiger charge is -2.42. The minimum atomic E-state index is -1.04. The van der Waals surface area contributed by atoms with Crippen molar-refractivity contribution < 1.29 is 23.0 Å². The van der Waals surface area contributed by atoms with Crippen LogP contribution in [0.25, 0.3) is 5.57 Å². The summed E-state index contributed by atoms with van der Waals surface area (Å²) in [5.41, 5.74) is 3.66. The predicted molar refractivity (Wildman–Crippen MR) is 131 cm³/mol. The third-order valence-corrected chi connectivity index (χ3v) is 6.50. The molecule has 1 aliphatic rings. The molecule has 0 amide bonds. The number of hydrogen-bond acceptors (Lipinski definition) is 3. The van der Waals surface area contributed by atoms with Crippen molar-refractivity contribution in [3.8, 4) is 5.75 Å². The Morgan fingerprint density at radius 1 is 0.970 bits per heavy atom. The molecule has 0 fully saturated rings. The summed E-state index contributed by atoms with van der Waals surface area (Å²) in [6.07, 6.45) is 5.02. The fourth-order valence-electron chi connectivity index (χ4n) is 4.32. The van der Waals surface area contributed by atoms with Crippen LogP contribution in [0, 0.1) is 0 Å². The minimum absolute atomic E-state index is 0.0102. The van der Waals surface area contributed by atoms with E-state index in [1.165, 1.54) is 30.2 Å². The molecule has 1 aliphatic carbocycles. The minimum Gasteiger partial charge on any atom is -0.493 e. The fourth-order valence-corrected chi connectivity index (χ4v) is 4.32. The zero-order chi connectivity index (χ0) is 25.0. The average Bonchev–Trinajstić information content (AvgIpc) is 2.76. The molecule has 3 nitrogen and oxygen atoms in total. The van der Waals surface area contributed by atoms with Crippen LogP contribution in [-0.2, 0) is 20.4 Å². The number of rotatable bonds is 8. The van der Waals surface area contributed by atoms with Crippen LogP contribution in [0.1, 0.15) is 91.3 Å². The molecule has 0 atom stereocenters. The molecule has 0 aliphatic heterocycles. The number of ether oxygens (including phenoxy) is 2. The molecule has 33 heavy (non-hydrogen) atoms. The normalized spacial score (nSPS) is 18.4. The van der Waals surface area contributed by atoms with E-state index in [-0.39, 0.29) is 23.0 Å². The van der Waals surface area contributed by atoms with Crippen LogP contribution in [0.5, 0.6) is 5.75 Å². The number of carbonyl (C=O) groups excluding carboxylic acids is 1. The highest BCUT2D eigenvalue weighted by atomic mass is 19.1. The summed E-state index contributed by atoms with van der Waals surface area (Å²) >= 11 is 0. The molecule has 182 valence electrons. The summed E-state index contributed by atoms with van der Waals surface area (Å²) in [6, 6.07) is 4.16. The highest BCUT2D eigenvalue weighted by molar-refractivity contribution is 5.87. The van der Waals surface area contributed by atoms with Crippen molar-refractivity contribution in [1.82, 2.24) is 0 Å². The maximum atomic E-state index is 15.4. The Balaban J connectivity index is 2.63. The fraction of sp³-hybridized carbons (Fsp3) is 0.536. The molecule has 0 unspecified atom stereocenters. The Labute approximate surface area is 197 Å². The van der Waals surface area contributed by atoms with Crippen LogP contribution in [0.15, 0.2) is 41.5 Å². The first-order chi connectivity index (χ1) is 15.4. The lowest BCUT2D eigenvalue weighted by atomic mass is 9.62. The lowest BCUT2D eigenvalue weighted by molar-refractivity contribution is -0.140. The zero-order valence-electron chi connectivity index (χ0n) is 21.3. The Morgan fingerprint density at radius 3 is 2.06 bits per heavy atom. The van der Waals surface area contributed by atoms with Crippen molar-refractivity contribution in [3.63, 3.8) is 0 Å². The van der Waals surface area contributed by atoms with Crippen molar-refractivity contribution in [2.45, 2.75) is 85.5 Å². The predicted octanol–water partition coefficient (Wildman–Crippen LogP) is 7.89. The van der Waals surface area contributed by atoms with Gasteiger partial charge in [-0.3, -0.25) is 0 Å². The molecule has 0 aromatic heterocycles. The van der Waals surface area contributed by atoms with Gasteiger partial charge in [-0.05, 0) is 91.3 Å². The van der Waals surface area contributed by atoms with Gasteiger partial charge in [-0.15, -0.1) is 0 Å². The van der Waals surface area contributed by atoms with E-state index in [1.54, 1.807) is 6.92 Å². The van der Waals surface area contributed by atoms with Gasteiger partial charge in [0.2, 0.25) is 5.83 Å². The van der Waals surface area contributed by atoms with Crippen LogP contribution in [0.2, 0.25) is 0 Å². The SMILES string of the molecule is CCOC(=O)\C(F)=C(C)/C=C/C(F)=C(/CC)c1cc2c(cc1OCC)C(C)(C)CCC2(C)C. The second kappa shape index (κ2) is 10.7. The van der Waals surface area contributed by atoms with E-state index in [2.05, 4.69) is 44.6 Å². The summed E-state index contributed by atoms with van der Waals surface area (Å²) in [7, 11) is 0. The Hall–Kier alpha value is -2.43. The van der Waals surface area contributed by atoms with Crippen LogP contribution < -0.4 is 4.74 Å². The molecular formula is C28H38F2O3. The number of halogens is 2. The monoisotopic (exact) mass is 460 g/mol. The first-order valence-corrected chi connectivity index (χ1v) is 11.8. The van der Waals surface area contributed by atoms with Crippen molar-refractivity contribution in [1.29, 1.82) is 0 Å². The average molecular weight is 461 g/mol. The van der Waals surface area contributed by atoms with Crippen molar-refractivity contribution in [2.24, 2.45) is 0 Å². The molecule has 1 aromatic rings. The highest BCUT2D eigenvalue weighted by Gasteiger charge is 2.38. The number of fused-ring (bicyclic) bond motifs is 1. The highest BCUT2D eigenvalue weighted by Crippen LogP contribution is 2.49. The van der Waals surface area contributed by atoms with E-state index >= 15 is 4.39 Å². The molecule has 2 rings (SSSR count). The standard InChI is InChI=1S/C28H38F2O3/c1-9-19(23(29)13-12-18(4)25(30)26(31)33-11-3)20-16-21-22(17-24(20)32-10-2)28(7,8)15-14-27(21,5)6/h12-13,16-17H,9-11,14-15H2,1-8H3/b13-12+,23-19+,25-18+. The van der Waals surface area contributed by atoms with Gasteiger partial charge < -0.3 is 9.47 Å². The van der Waals surface area contributed by atoms with E-state index in [1.807, 2.05) is 13.8 Å². The van der Waals surface area contributed by atoms with Crippen molar-refractivity contribution in [3.05, 3.63) is 58.2 Å². The van der Waals surface area contributed by atoms with Crippen molar-refractivity contribution in [2.75, 3.05) is 13.2 Å². The smallest absolute Gasteiger partial charge is 0.367 e. The largest absolute Gasteiger partial charge is 0.493 e. The van der Waals surface area contributed by atoms with E-state index in [0.29, 0.717) is 24.4 Å². The summed E-state index contributed by atoms with van der Waals surface area (Å²) < 4.78 is 40.2. The van der Waals surface area contributed by atoms with Gasteiger partial charge in [0.05, 0.1) is 13.2 Å². The number of hydrogen-bond donors (Lipinski definition) is 0. The lowest BCUT2D eigenvalue weighted by Crippen LogP contribution is -2.34. The van der Waals surface area contributed by atoms with Crippen LogP contribution in [-0.4, -0.2) is 19.2 Å². The Bertz CT molecular complexity index is 981.